The van der Waals surface area contributed by atoms with Gasteiger partial charge in [0.2, 0.25) is 0 Å². The van der Waals surface area contributed by atoms with Crippen LogP contribution in [0.1, 0.15) is 5.69 Å². The monoisotopic (exact) mass is 154 g/mol. The molecule has 0 saturated heterocycles. The summed E-state index contributed by atoms with van der Waals surface area (Å²) in [6.45, 7) is 0.472. The highest BCUT2D eigenvalue weighted by molar-refractivity contribution is 5.66. The Labute approximate surface area is 64.6 Å². The van der Waals surface area contributed by atoms with Gasteiger partial charge in [0, 0.05) is 11.9 Å². The second-order valence-corrected chi connectivity index (χ2v) is 2.04. The molecule has 1 aromatic heterocycles. The van der Waals surface area contributed by atoms with Crippen molar-refractivity contribution in [2.75, 3.05) is 7.11 Å². The zero-order valence-electron chi connectivity index (χ0n) is 6.26. The summed E-state index contributed by atoms with van der Waals surface area (Å²) < 4.78 is 4.38. The molecule has 4 nitrogen and oxygen atoms in total. The Morgan fingerprint density at radius 3 is 3.18 bits per heavy atom. The van der Waals surface area contributed by atoms with Gasteiger partial charge in [-0.25, -0.2) is 4.79 Å². The molecule has 1 heterocycles. The number of amides is 1. The molecular weight excluding hydrogens is 144 g/mol. The molecule has 2 N–H and O–H groups in total. The smallest absolute Gasteiger partial charge is 0.407 e. The average molecular weight is 154 g/mol. The van der Waals surface area contributed by atoms with Crippen LogP contribution < -0.4 is 5.32 Å². The highest BCUT2D eigenvalue weighted by Crippen LogP contribution is 1.92. The van der Waals surface area contributed by atoms with Crippen LogP contribution in [0.15, 0.2) is 18.3 Å². The van der Waals surface area contributed by atoms with Crippen LogP contribution in [0.2, 0.25) is 0 Å². The molecule has 0 aromatic carbocycles. The molecule has 0 aliphatic heterocycles. The molecule has 0 atom stereocenters. The van der Waals surface area contributed by atoms with Gasteiger partial charge in [-0.05, 0) is 12.1 Å². The van der Waals surface area contributed by atoms with Crippen LogP contribution in [-0.4, -0.2) is 18.2 Å². The van der Waals surface area contributed by atoms with E-state index in [2.05, 4.69) is 15.0 Å². The first-order valence-corrected chi connectivity index (χ1v) is 3.27. The maximum Gasteiger partial charge on any atom is 0.407 e. The van der Waals surface area contributed by atoms with Crippen molar-refractivity contribution in [1.82, 2.24) is 10.3 Å². The molecule has 0 aliphatic carbocycles. The Balaban J connectivity index is 2.29. The highest BCUT2D eigenvalue weighted by Gasteiger charge is 1.97. The quantitative estimate of drug-likeness (QED) is 0.664. The zero-order chi connectivity index (χ0) is 8.10. The first kappa shape index (κ1) is 7.65. The molecule has 1 aromatic rings. The number of carbonyl (C=O) groups excluding carboxylic acids is 1. The lowest BCUT2D eigenvalue weighted by Crippen LogP contribution is -2.22. The summed E-state index contributed by atoms with van der Waals surface area (Å²) in [4.78, 5) is 13.5. The minimum absolute atomic E-state index is 0.417. The summed E-state index contributed by atoms with van der Waals surface area (Å²) in [5.41, 5.74) is 0.954. The van der Waals surface area contributed by atoms with E-state index in [-0.39, 0.29) is 0 Å². The van der Waals surface area contributed by atoms with Gasteiger partial charge in [-0.15, -0.1) is 0 Å². The molecule has 0 bridgehead atoms. The fourth-order valence-electron chi connectivity index (χ4n) is 0.717. The molecule has 11 heavy (non-hydrogen) atoms. The fourth-order valence-corrected chi connectivity index (χ4v) is 0.717. The van der Waals surface area contributed by atoms with Gasteiger partial charge in [0.15, 0.2) is 0 Å². The highest BCUT2D eigenvalue weighted by atomic mass is 16.5. The third-order valence-electron chi connectivity index (χ3n) is 1.27. The number of methoxy groups -OCH3 is 1. The molecule has 60 valence electrons. The van der Waals surface area contributed by atoms with Crippen molar-refractivity contribution in [3.8, 4) is 0 Å². The van der Waals surface area contributed by atoms with Crippen molar-refractivity contribution in [2.45, 2.75) is 6.54 Å². The summed E-state index contributed by atoms with van der Waals surface area (Å²) >= 11 is 0. The largest absolute Gasteiger partial charge is 0.453 e. The van der Waals surface area contributed by atoms with Gasteiger partial charge in [0.1, 0.15) is 0 Å². The van der Waals surface area contributed by atoms with Gasteiger partial charge in [-0.1, -0.05) is 0 Å². The first-order chi connectivity index (χ1) is 5.33. The Hall–Kier alpha value is -1.45. The minimum Gasteiger partial charge on any atom is -0.453 e. The number of nitrogens with one attached hydrogen (secondary N) is 2. The zero-order valence-corrected chi connectivity index (χ0v) is 6.26. The van der Waals surface area contributed by atoms with Crippen molar-refractivity contribution in [3.63, 3.8) is 0 Å². The number of alkyl carbamates (subject to hydrolysis) is 1. The van der Waals surface area contributed by atoms with Crippen LogP contribution in [-0.2, 0) is 11.3 Å². The lowest BCUT2D eigenvalue weighted by atomic mass is 10.4. The van der Waals surface area contributed by atoms with Crippen molar-refractivity contribution in [1.29, 1.82) is 0 Å². The predicted molar refractivity (Wildman–Crippen MR) is 40.0 cm³/mol. The van der Waals surface area contributed by atoms with E-state index < -0.39 is 6.09 Å². The van der Waals surface area contributed by atoms with Crippen LogP contribution in [0.3, 0.4) is 0 Å². The number of hydrogen-bond acceptors (Lipinski definition) is 2. The van der Waals surface area contributed by atoms with E-state index >= 15 is 0 Å². The third kappa shape index (κ3) is 2.33. The van der Waals surface area contributed by atoms with Crippen molar-refractivity contribution in [3.05, 3.63) is 24.0 Å². The van der Waals surface area contributed by atoms with Gasteiger partial charge in [0.25, 0.3) is 0 Å². The summed E-state index contributed by atoms with van der Waals surface area (Å²) in [7, 11) is 1.34. The summed E-state index contributed by atoms with van der Waals surface area (Å²) in [6.07, 6.45) is 1.38. The number of H-pyrrole nitrogens is 1. The topological polar surface area (TPSA) is 54.1 Å². The fraction of sp³-hybridized carbons (Fsp3) is 0.286. The third-order valence-corrected chi connectivity index (χ3v) is 1.27. The Morgan fingerprint density at radius 1 is 1.82 bits per heavy atom. The number of carbonyl (C=O) groups is 1. The van der Waals surface area contributed by atoms with Gasteiger partial charge < -0.3 is 15.0 Å². The molecule has 0 aliphatic rings. The average Bonchev–Trinajstić information content (AvgIpc) is 2.52. The molecule has 0 radical (unpaired) electrons. The van der Waals surface area contributed by atoms with Crippen LogP contribution in [0.5, 0.6) is 0 Å². The van der Waals surface area contributed by atoms with Crippen LogP contribution in [0.25, 0.3) is 0 Å². The molecule has 1 amide bonds. The molecule has 0 saturated carbocycles. The normalized spacial score (nSPS) is 9.18. The van der Waals surface area contributed by atoms with E-state index in [9.17, 15) is 4.79 Å². The molecule has 0 fully saturated rings. The van der Waals surface area contributed by atoms with E-state index in [0.29, 0.717) is 6.54 Å². The summed E-state index contributed by atoms with van der Waals surface area (Å²) in [5, 5.41) is 2.54. The standard InChI is InChI=1S/C7H10N2O2/c1-11-7(10)9-5-6-3-2-4-8-6/h2-4,8H,5H2,1H3,(H,9,10). The summed E-state index contributed by atoms with van der Waals surface area (Å²) in [6, 6.07) is 3.75. The van der Waals surface area contributed by atoms with E-state index in [4.69, 9.17) is 0 Å². The lowest BCUT2D eigenvalue weighted by molar-refractivity contribution is 0.170. The van der Waals surface area contributed by atoms with E-state index in [1.807, 2.05) is 12.1 Å². The number of hydrogen-bond donors (Lipinski definition) is 2. The lowest BCUT2D eigenvalue weighted by Gasteiger charge is -2.00. The second kappa shape index (κ2) is 3.65. The van der Waals surface area contributed by atoms with E-state index in [1.54, 1.807) is 6.20 Å². The number of ether oxygens (including phenoxy) is 1. The maximum atomic E-state index is 10.6. The molecule has 4 heteroatoms. The Bertz CT molecular complexity index is 218. The van der Waals surface area contributed by atoms with E-state index in [0.717, 1.165) is 5.69 Å². The van der Waals surface area contributed by atoms with Gasteiger partial charge >= 0.3 is 6.09 Å². The molecule has 0 unspecified atom stereocenters. The predicted octanol–water partition coefficient (Wildman–Crippen LogP) is 0.871. The first-order valence-electron chi connectivity index (χ1n) is 3.27. The van der Waals surface area contributed by atoms with Crippen molar-refractivity contribution >= 4 is 6.09 Å². The maximum absolute atomic E-state index is 10.6. The Morgan fingerprint density at radius 2 is 2.64 bits per heavy atom. The number of rotatable bonds is 2. The number of aromatic amines is 1. The second-order valence-electron chi connectivity index (χ2n) is 2.04. The van der Waals surface area contributed by atoms with Crippen molar-refractivity contribution in [2.24, 2.45) is 0 Å². The van der Waals surface area contributed by atoms with E-state index in [1.165, 1.54) is 7.11 Å². The number of aromatic nitrogens is 1. The van der Waals surface area contributed by atoms with Gasteiger partial charge in [-0.3, -0.25) is 0 Å². The van der Waals surface area contributed by atoms with Gasteiger partial charge in [0.05, 0.1) is 13.7 Å². The van der Waals surface area contributed by atoms with Crippen LogP contribution in [0.4, 0.5) is 4.79 Å². The van der Waals surface area contributed by atoms with Crippen LogP contribution in [0, 0.1) is 0 Å². The molecule has 0 spiro atoms. The van der Waals surface area contributed by atoms with Gasteiger partial charge in [-0.2, -0.15) is 0 Å². The molecule has 1 rings (SSSR count). The van der Waals surface area contributed by atoms with Crippen LogP contribution >= 0.6 is 0 Å². The summed E-state index contributed by atoms with van der Waals surface area (Å²) in [5.74, 6) is 0. The Kier molecular flexibility index (Phi) is 2.54. The molecular formula is C7H10N2O2. The SMILES string of the molecule is COC(=O)NCc1ccc[nH]1. The minimum atomic E-state index is -0.417. The van der Waals surface area contributed by atoms with Crippen molar-refractivity contribution < 1.29 is 9.53 Å².